The first-order chi connectivity index (χ1) is 12.9. The summed E-state index contributed by atoms with van der Waals surface area (Å²) in [5, 5.41) is 0. The maximum absolute atomic E-state index is 12.6. The van der Waals surface area contributed by atoms with Gasteiger partial charge in [-0.3, -0.25) is 0 Å². The summed E-state index contributed by atoms with van der Waals surface area (Å²) in [6, 6.07) is 0. The zero-order valence-electron chi connectivity index (χ0n) is 15.5. The summed E-state index contributed by atoms with van der Waals surface area (Å²) >= 11 is 0. The molecule has 0 aliphatic carbocycles. The van der Waals surface area contributed by atoms with E-state index in [0.29, 0.717) is 12.5 Å². The van der Waals surface area contributed by atoms with Gasteiger partial charge in [-0.2, -0.15) is 26.3 Å². The lowest BCUT2D eigenvalue weighted by molar-refractivity contribution is -0.0532. The Morgan fingerprint density at radius 1 is 0.633 bits per heavy atom. The Hall–Kier alpha value is -0.700. The van der Waals surface area contributed by atoms with Gasteiger partial charge < -0.3 is 0 Å². The second kappa shape index (κ2) is 9.04. The fraction of sp³-hybridized carbons (Fsp3) is 1.00. The summed E-state index contributed by atoms with van der Waals surface area (Å²) in [4.78, 5) is 0. The van der Waals surface area contributed by atoms with Crippen molar-refractivity contribution in [2.75, 3.05) is 25.6 Å². The second-order valence-corrected chi connectivity index (χ2v) is 14.1. The van der Waals surface area contributed by atoms with E-state index >= 15 is 0 Å². The van der Waals surface area contributed by atoms with E-state index in [1.165, 1.54) is 0 Å². The molecule has 0 rings (SSSR count). The van der Waals surface area contributed by atoms with Crippen LogP contribution in [0.3, 0.4) is 0 Å². The van der Waals surface area contributed by atoms with Gasteiger partial charge in [0.05, 0.1) is 12.5 Å². The SMILES string of the molecule is CC(CCN(S(C)(=O)=O)S(C)(=O)=O)CCN(S(=O)(=O)C(F)(F)F)S(=O)(=O)C(F)(F)F. The van der Waals surface area contributed by atoms with Crippen molar-refractivity contribution >= 4 is 40.1 Å². The van der Waals surface area contributed by atoms with Crippen LogP contribution in [0.5, 0.6) is 0 Å². The largest absolute Gasteiger partial charge is 0.512 e. The highest BCUT2D eigenvalue weighted by Gasteiger charge is 2.61. The summed E-state index contributed by atoms with van der Waals surface area (Å²) in [6.07, 6.45) is -0.281. The fourth-order valence-corrected chi connectivity index (χ4v) is 7.51. The molecule has 0 aliphatic rings. The van der Waals surface area contributed by atoms with Gasteiger partial charge in [0, 0.05) is 13.1 Å². The summed E-state index contributed by atoms with van der Waals surface area (Å²) < 4.78 is 165. The van der Waals surface area contributed by atoms with E-state index in [2.05, 4.69) is 0 Å². The van der Waals surface area contributed by atoms with Crippen molar-refractivity contribution in [1.29, 1.82) is 0 Å². The van der Waals surface area contributed by atoms with Crippen molar-refractivity contribution in [2.24, 2.45) is 5.92 Å². The van der Waals surface area contributed by atoms with Gasteiger partial charge in [0.15, 0.2) is 0 Å². The quantitative estimate of drug-likeness (QED) is 0.370. The molecule has 0 saturated carbocycles. The van der Waals surface area contributed by atoms with Crippen molar-refractivity contribution in [3.8, 4) is 0 Å². The van der Waals surface area contributed by atoms with Crippen LogP contribution >= 0.6 is 0 Å². The van der Waals surface area contributed by atoms with Crippen molar-refractivity contribution in [2.45, 2.75) is 30.8 Å². The molecule has 0 amide bonds. The minimum absolute atomic E-state index is 0.0210. The molecule has 0 aliphatic heterocycles. The average molecular weight is 537 g/mol. The van der Waals surface area contributed by atoms with Crippen LogP contribution < -0.4 is 0 Å². The maximum atomic E-state index is 12.6. The molecule has 0 bridgehead atoms. The van der Waals surface area contributed by atoms with Crippen LogP contribution in [0, 0.1) is 5.92 Å². The van der Waals surface area contributed by atoms with Crippen molar-refractivity contribution in [3.63, 3.8) is 0 Å². The molecule has 0 radical (unpaired) electrons. The van der Waals surface area contributed by atoms with Crippen LogP contribution in [0.25, 0.3) is 0 Å². The van der Waals surface area contributed by atoms with E-state index in [1.54, 1.807) is 0 Å². The Bertz CT molecular complexity index is 955. The lowest BCUT2D eigenvalue weighted by atomic mass is 10.0. The predicted molar refractivity (Wildman–Crippen MR) is 91.4 cm³/mol. The molecule has 0 N–H and O–H groups in total. The third-order valence-corrected chi connectivity index (χ3v) is 10.7. The molecule has 20 heteroatoms. The van der Waals surface area contributed by atoms with Gasteiger partial charge >= 0.3 is 31.1 Å². The highest BCUT2D eigenvalue weighted by Crippen LogP contribution is 2.35. The number of hydrogen-bond acceptors (Lipinski definition) is 8. The molecular weight excluding hydrogens is 518 g/mol. The second-order valence-electron chi connectivity index (χ2n) is 6.10. The normalized spacial score (nSPS) is 16.2. The van der Waals surface area contributed by atoms with Gasteiger partial charge in [0.2, 0.25) is 20.0 Å². The molecule has 0 fully saturated rings. The van der Waals surface area contributed by atoms with Crippen molar-refractivity contribution < 1.29 is 60.0 Å². The monoisotopic (exact) mass is 536 g/mol. The smallest absolute Gasteiger partial charge is 0.212 e. The lowest BCUT2D eigenvalue weighted by Crippen LogP contribution is -2.49. The molecule has 182 valence electrons. The zero-order valence-corrected chi connectivity index (χ0v) is 18.7. The Morgan fingerprint density at radius 2 is 0.900 bits per heavy atom. The first-order valence-corrected chi connectivity index (χ1v) is 14.0. The highest BCUT2D eigenvalue weighted by atomic mass is 32.3. The van der Waals surface area contributed by atoms with E-state index in [0.717, 1.165) is 6.92 Å². The van der Waals surface area contributed by atoms with E-state index in [4.69, 9.17) is 0 Å². The minimum atomic E-state index is -6.93. The number of sulfonamides is 4. The number of rotatable bonds is 10. The van der Waals surface area contributed by atoms with Gasteiger partial charge in [-0.25, -0.2) is 33.7 Å². The van der Waals surface area contributed by atoms with Crippen molar-refractivity contribution in [3.05, 3.63) is 0 Å². The number of nitrogens with zero attached hydrogens (tertiary/aromatic N) is 2. The van der Waals surface area contributed by atoms with E-state index in [-0.39, 0.29) is 3.71 Å². The molecule has 1 atom stereocenters. The highest BCUT2D eigenvalue weighted by molar-refractivity contribution is 8.04. The summed E-state index contributed by atoms with van der Waals surface area (Å²) in [6.45, 7) is -1.40. The molecule has 0 heterocycles. The Morgan fingerprint density at radius 3 is 1.13 bits per heavy atom. The van der Waals surface area contributed by atoms with Gasteiger partial charge in [-0.15, -0.1) is 0 Å². The molecule has 0 saturated heterocycles. The molecule has 30 heavy (non-hydrogen) atoms. The first kappa shape index (κ1) is 29.3. The maximum Gasteiger partial charge on any atom is 0.512 e. The Kier molecular flexibility index (Phi) is 8.83. The van der Waals surface area contributed by atoms with E-state index < -0.39 is 86.7 Å². The summed E-state index contributed by atoms with van der Waals surface area (Å²) in [5.41, 5.74) is -12.7. The van der Waals surface area contributed by atoms with Crippen molar-refractivity contribution in [1.82, 2.24) is 7.42 Å². The van der Waals surface area contributed by atoms with Gasteiger partial charge in [0.25, 0.3) is 0 Å². The number of alkyl halides is 6. The predicted octanol–water partition coefficient (Wildman–Crippen LogP) is 0.625. The Labute approximate surface area is 170 Å². The van der Waals surface area contributed by atoms with Crippen LogP contribution in [0.4, 0.5) is 26.3 Å². The van der Waals surface area contributed by atoms with Gasteiger partial charge in [-0.1, -0.05) is 14.3 Å². The molecule has 1 unspecified atom stereocenters. The molecule has 0 aromatic carbocycles. The molecule has 0 spiro atoms. The summed E-state index contributed by atoms with van der Waals surface area (Å²) in [7, 11) is -22.4. The molecular formula is C10H18F6N2O8S4. The van der Waals surface area contributed by atoms with Gasteiger partial charge in [0.1, 0.15) is 0 Å². The van der Waals surface area contributed by atoms with Crippen LogP contribution in [0.1, 0.15) is 19.8 Å². The van der Waals surface area contributed by atoms with Gasteiger partial charge in [-0.05, 0) is 18.8 Å². The van der Waals surface area contributed by atoms with Crippen LogP contribution in [-0.2, 0) is 40.1 Å². The van der Waals surface area contributed by atoms with E-state index in [9.17, 15) is 60.0 Å². The lowest BCUT2D eigenvalue weighted by Gasteiger charge is -2.25. The van der Waals surface area contributed by atoms with E-state index in [1.807, 2.05) is 0 Å². The number of halogens is 6. The average Bonchev–Trinajstić information content (AvgIpc) is 2.41. The third kappa shape index (κ3) is 7.18. The molecule has 0 aromatic rings. The minimum Gasteiger partial charge on any atom is -0.212 e. The standard InChI is InChI=1S/C10H18F6N2O8S4/c1-8(4-6-17(27(2,19)20)28(3,21)22)5-7-18(29(23,24)9(11,12)13)30(25,26)10(14,15)16/h8H,4-7H2,1-3H3. The van der Waals surface area contributed by atoms with Crippen LogP contribution in [-0.4, -0.2) is 77.7 Å². The fourth-order valence-electron chi connectivity index (χ4n) is 1.97. The third-order valence-electron chi connectivity index (χ3n) is 3.47. The topological polar surface area (TPSA) is 143 Å². The molecule has 10 nitrogen and oxygen atoms in total. The number of hydrogen-bond donors (Lipinski definition) is 0. The molecule has 0 aromatic heterocycles. The Balaban J connectivity index is 5.70. The zero-order chi connectivity index (χ0) is 24.6. The summed E-state index contributed by atoms with van der Waals surface area (Å²) in [5.74, 6) is -1.08. The van der Waals surface area contributed by atoms with Crippen LogP contribution in [0.2, 0.25) is 0 Å². The van der Waals surface area contributed by atoms with Crippen LogP contribution in [0.15, 0.2) is 0 Å². The first-order valence-electron chi connectivity index (χ1n) is 7.45.